The number of morpholine rings is 1. The fourth-order valence-electron chi connectivity index (χ4n) is 1.62. The van der Waals surface area contributed by atoms with Gasteiger partial charge in [0.1, 0.15) is 0 Å². The Balaban J connectivity index is 2.06. The summed E-state index contributed by atoms with van der Waals surface area (Å²) in [6.45, 7) is 3.05. The predicted octanol–water partition coefficient (Wildman–Crippen LogP) is 1.81. The smallest absolute Gasteiger partial charge is 0.336 e. The first kappa shape index (κ1) is 12.3. The molecule has 6 heteroatoms. The molecule has 0 aliphatic carbocycles. The number of hydrogen-bond acceptors (Lipinski definition) is 4. The van der Waals surface area contributed by atoms with Gasteiger partial charge >= 0.3 is 5.97 Å². The highest BCUT2D eigenvalue weighted by Gasteiger charge is 2.12. The molecule has 0 spiro atoms. The Morgan fingerprint density at radius 2 is 2.12 bits per heavy atom. The largest absolute Gasteiger partial charge is 0.478 e. The summed E-state index contributed by atoms with van der Waals surface area (Å²) in [5, 5.41) is 10.9. The molecule has 0 saturated carbocycles. The fourth-order valence-corrected chi connectivity index (χ4v) is 2.16. The summed E-state index contributed by atoms with van der Waals surface area (Å²) in [6, 6.07) is 5.10. The zero-order valence-electron chi connectivity index (χ0n) is 9.15. The minimum Gasteiger partial charge on any atom is -0.478 e. The minimum atomic E-state index is -0.935. The summed E-state index contributed by atoms with van der Waals surface area (Å²) < 4.78 is 5.82. The van der Waals surface area contributed by atoms with Crippen LogP contribution >= 0.6 is 15.9 Å². The van der Waals surface area contributed by atoms with Crippen LogP contribution in [0.4, 0.5) is 5.69 Å². The summed E-state index contributed by atoms with van der Waals surface area (Å²) >= 11 is 3.25. The van der Waals surface area contributed by atoms with Gasteiger partial charge in [-0.05, 0) is 34.1 Å². The molecule has 1 heterocycles. The summed E-state index contributed by atoms with van der Waals surface area (Å²) in [5.74, 6) is -0.935. The van der Waals surface area contributed by atoms with Crippen molar-refractivity contribution in [1.82, 2.24) is 5.01 Å². The standard InChI is InChI=1S/C11H13BrN2O3/c12-10-7-8(1-2-9(10)11(15)16)13-14-3-5-17-6-4-14/h1-2,7,13H,3-6H2,(H,15,16). The molecule has 1 aromatic carbocycles. The lowest BCUT2D eigenvalue weighted by Crippen LogP contribution is -2.40. The first-order chi connectivity index (χ1) is 8.16. The topological polar surface area (TPSA) is 61.8 Å². The summed E-state index contributed by atoms with van der Waals surface area (Å²) in [6.07, 6.45) is 0. The van der Waals surface area contributed by atoms with Crippen molar-refractivity contribution in [3.8, 4) is 0 Å². The summed E-state index contributed by atoms with van der Waals surface area (Å²) in [4.78, 5) is 10.8. The van der Waals surface area contributed by atoms with Crippen molar-refractivity contribution in [1.29, 1.82) is 0 Å². The van der Waals surface area contributed by atoms with E-state index in [-0.39, 0.29) is 5.56 Å². The predicted molar refractivity (Wildman–Crippen MR) is 67.1 cm³/mol. The molecule has 0 atom stereocenters. The van der Waals surface area contributed by atoms with Crippen molar-refractivity contribution in [2.75, 3.05) is 31.7 Å². The number of rotatable bonds is 3. The van der Waals surface area contributed by atoms with Crippen LogP contribution in [0.15, 0.2) is 22.7 Å². The average Bonchev–Trinajstić information content (AvgIpc) is 2.30. The van der Waals surface area contributed by atoms with E-state index in [4.69, 9.17) is 9.84 Å². The number of benzene rings is 1. The summed E-state index contributed by atoms with van der Waals surface area (Å²) in [7, 11) is 0. The molecular weight excluding hydrogens is 288 g/mol. The number of anilines is 1. The van der Waals surface area contributed by atoms with Crippen molar-refractivity contribution < 1.29 is 14.6 Å². The summed E-state index contributed by atoms with van der Waals surface area (Å²) in [5.41, 5.74) is 4.34. The lowest BCUT2D eigenvalue weighted by molar-refractivity contribution is 0.0497. The van der Waals surface area contributed by atoms with Gasteiger partial charge < -0.3 is 15.3 Å². The van der Waals surface area contributed by atoms with Crippen LogP contribution in [0.3, 0.4) is 0 Å². The second-order valence-corrected chi connectivity index (χ2v) is 4.57. The molecule has 2 rings (SSSR count). The number of carboxylic acid groups (broad SMARTS) is 1. The van der Waals surface area contributed by atoms with E-state index in [1.807, 2.05) is 5.01 Å². The van der Waals surface area contributed by atoms with E-state index in [0.29, 0.717) is 17.7 Å². The van der Waals surface area contributed by atoms with Crippen LogP contribution in [0.25, 0.3) is 0 Å². The third-order valence-corrected chi connectivity index (χ3v) is 3.15. The number of aromatic carboxylic acids is 1. The number of hydrogen-bond donors (Lipinski definition) is 2. The van der Waals surface area contributed by atoms with Gasteiger partial charge in [0.2, 0.25) is 0 Å². The molecule has 5 nitrogen and oxygen atoms in total. The first-order valence-electron chi connectivity index (χ1n) is 5.29. The Morgan fingerprint density at radius 1 is 1.41 bits per heavy atom. The van der Waals surface area contributed by atoms with Crippen LogP contribution in [0, 0.1) is 0 Å². The molecule has 92 valence electrons. The number of hydrazine groups is 1. The lowest BCUT2D eigenvalue weighted by atomic mass is 10.2. The second-order valence-electron chi connectivity index (χ2n) is 3.71. The van der Waals surface area contributed by atoms with E-state index in [1.54, 1.807) is 18.2 Å². The van der Waals surface area contributed by atoms with E-state index in [9.17, 15) is 4.79 Å². The van der Waals surface area contributed by atoms with Gasteiger partial charge in [0.25, 0.3) is 0 Å². The van der Waals surface area contributed by atoms with Gasteiger partial charge in [-0.3, -0.25) is 0 Å². The van der Waals surface area contributed by atoms with Crippen LogP contribution in [0.2, 0.25) is 0 Å². The number of halogens is 1. The van der Waals surface area contributed by atoms with Gasteiger partial charge in [-0.2, -0.15) is 0 Å². The van der Waals surface area contributed by atoms with Crippen LogP contribution in [-0.4, -0.2) is 42.4 Å². The number of carboxylic acids is 1. The van der Waals surface area contributed by atoms with E-state index < -0.39 is 5.97 Å². The van der Waals surface area contributed by atoms with Crippen LogP contribution in [0.5, 0.6) is 0 Å². The normalized spacial score (nSPS) is 16.8. The lowest BCUT2D eigenvalue weighted by Gasteiger charge is -2.28. The molecule has 1 aliphatic heterocycles. The third kappa shape index (κ3) is 3.18. The van der Waals surface area contributed by atoms with Crippen LogP contribution in [0.1, 0.15) is 10.4 Å². The highest BCUT2D eigenvalue weighted by molar-refractivity contribution is 9.10. The monoisotopic (exact) mass is 300 g/mol. The molecule has 2 N–H and O–H groups in total. The molecular formula is C11H13BrN2O3. The van der Waals surface area contributed by atoms with Crippen molar-refractivity contribution in [3.05, 3.63) is 28.2 Å². The van der Waals surface area contributed by atoms with Crippen molar-refractivity contribution >= 4 is 27.6 Å². The Labute approximate surface area is 107 Å². The SMILES string of the molecule is O=C(O)c1ccc(NN2CCOCC2)cc1Br. The quantitative estimate of drug-likeness (QED) is 0.891. The molecule has 0 bridgehead atoms. The Bertz CT molecular complexity index is 419. The highest BCUT2D eigenvalue weighted by atomic mass is 79.9. The number of nitrogens with one attached hydrogen (secondary N) is 1. The second kappa shape index (κ2) is 5.48. The van der Waals surface area contributed by atoms with Gasteiger partial charge in [0, 0.05) is 17.6 Å². The van der Waals surface area contributed by atoms with E-state index in [1.165, 1.54) is 0 Å². The Kier molecular flexibility index (Phi) is 3.98. The molecule has 0 unspecified atom stereocenters. The van der Waals surface area contributed by atoms with Gasteiger partial charge in [-0.1, -0.05) is 0 Å². The molecule has 1 aliphatic rings. The highest BCUT2D eigenvalue weighted by Crippen LogP contribution is 2.22. The van der Waals surface area contributed by atoms with E-state index in [2.05, 4.69) is 21.4 Å². The van der Waals surface area contributed by atoms with E-state index >= 15 is 0 Å². The Hall–Kier alpha value is -1.11. The van der Waals surface area contributed by atoms with Crippen molar-refractivity contribution in [2.24, 2.45) is 0 Å². The number of carbonyl (C=O) groups is 1. The number of ether oxygens (including phenoxy) is 1. The average molecular weight is 301 g/mol. The number of nitrogens with zero attached hydrogens (tertiary/aromatic N) is 1. The molecule has 1 aromatic rings. The minimum absolute atomic E-state index is 0.262. The fraction of sp³-hybridized carbons (Fsp3) is 0.364. The van der Waals surface area contributed by atoms with Crippen molar-refractivity contribution in [2.45, 2.75) is 0 Å². The van der Waals surface area contributed by atoms with Gasteiger partial charge in [-0.25, -0.2) is 9.80 Å². The molecule has 0 aromatic heterocycles. The maximum absolute atomic E-state index is 10.8. The molecule has 1 saturated heterocycles. The zero-order chi connectivity index (χ0) is 12.3. The zero-order valence-corrected chi connectivity index (χ0v) is 10.7. The van der Waals surface area contributed by atoms with Gasteiger partial charge in [0.05, 0.1) is 24.5 Å². The van der Waals surface area contributed by atoms with Gasteiger partial charge in [0.15, 0.2) is 0 Å². The maximum Gasteiger partial charge on any atom is 0.336 e. The van der Waals surface area contributed by atoms with Crippen LogP contribution < -0.4 is 5.43 Å². The third-order valence-electron chi connectivity index (χ3n) is 2.50. The molecule has 0 radical (unpaired) electrons. The van der Waals surface area contributed by atoms with Crippen LogP contribution in [-0.2, 0) is 4.74 Å². The molecule has 0 amide bonds. The first-order valence-corrected chi connectivity index (χ1v) is 6.08. The molecule has 1 fully saturated rings. The molecule has 17 heavy (non-hydrogen) atoms. The van der Waals surface area contributed by atoms with Crippen molar-refractivity contribution in [3.63, 3.8) is 0 Å². The Morgan fingerprint density at radius 3 is 2.71 bits per heavy atom. The van der Waals surface area contributed by atoms with Gasteiger partial charge in [-0.15, -0.1) is 0 Å². The van der Waals surface area contributed by atoms with E-state index in [0.717, 1.165) is 18.8 Å². The maximum atomic E-state index is 10.8.